The van der Waals surface area contributed by atoms with E-state index < -0.39 is 22.9 Å². The van der Waals surface area contributed by atoms with Gasteiger partial charge in [-0.25, -0.2) is 14.6 Å². The highest BCUT2D eigenvalue weighted by Crippen LogP contribution is 2.23. The highest BCUT2D eigenvalue weighted by Gasteiger charge is 2.29. The summed E-state index contributed by atoms with van der Waals surface area (Å²) in [5.41, 5.74) is 0.523. The van der Waals surface area contributed by atoms with Gasteiger partial charge < -0.3 is 19.4 Å². The van der Waals surface area contributed by atoms with Crippen molar-refractivity contribution < 1.29 is 9.53 Å². The van der Waals surface area contributed by atoms with Crippen LogP contribution >= 0.6 is 0 Å². The third-order valence-electron chi connectivity index (χ3n) is 6.87. The highest BCUT2D eigenvalue weighted by molar-refractivity contribution is 5.75. The summed E-state index contributed by atoms with van der Waals surface area (Å²) in [7, 11) is 1.62. The minimum absolute atomic E-state index is 0.0538. The number of amides is 1. The molecule has 5 heterocycles. The van der Waals surface area contributed by atoms with Gasteiger partial charge in [-0.2, -0.15) is 4.98 Å². The highest BCUT2D eigenvalue weighted by atomic mass is 16.6. The van der Waals surface area contributed by atoms with E-state index in [1.54, 1.807) is 24.7 Å². The van der Waals surface area contributed by atoms with Gasteiger partial charge in [-0.15, -0.1) is 5.92 Å². The topological polar surface area (TPSA) is 121 Å². The maximum absolute atomic E-state index is 13.9. The Morgan fingerprint density at radius 1 is 1.23 bits per heavy atom. The Kier molecular flexibility index (Phi) is 7.14. The van der Waals surface area contributed by atoms with Gasteiger partial charge in [0.15, 0.2) is 11.2 Å². The number of aromatic nitrogens is 6. The molecule has 40 heavy (non-hydrogen) atoms. The van der Waals surface area contributed by atoms with Crippen molar-refractivity contribution in [1.82, 2.24) is 33.4 Å². The van der Waals surface area contributed by atoms with E-state index in [0.717, 1.165) is 18.5 Å². The fourth-order valence-corrected chi connectivity index (χ4v) is 5.06. The number of pyridine rings is 1. The summed E-state index contributed by atoms with van der Waals surface area (Å²) in [4.78, 5) is 50.9. The first-order valence-electron chi connectivity index (χ1n) is 13.3. The summed E-state index contributed by atoms with van der Waals surface area (Å²) < 4.78 is 11.7. The zero-order chi connectivity index (χ0) is 28.6. The summed E-state index contributed by atoms with van der Waals surface area (Å²) in [5.74, 6) is 6.48. The molecule has 0 spiro atoms. The molecule has 0 aliphatic carbocycles. The second-order valence-electron chi connectivity index (χ2n) is 10.9. The number of piperidine rings is 1. The molecule has 210 valence electrons. The van der Waals surface area contributed by atoms with Gasteiger partial charge in [-0.3, -0.25) is 18.5 Å². The van der Waals surface area contributed by atoms with E-state index in [9.17, 15) is 14.4 Å². The SMILES string of the molecule is CC#CCn1c(N2CCCC(NC(=O)OC(C)(C)C)C2)nc2c1c(=O)n(Cc1cnc3ccccn13)c(=O)n2C. The van der Waals surface area contributed by atoms with E-state index in [2.05, 4.69) is 22.1 Å². The molecular weight excluding hydrogens is 512 g/mol. The van der Waals surface area contributed by atoms with Crippen LogP contribution in [0.3, 0.4) is 0 Å². The van der Waals surface area contributed by atoms with E-state index in [4.69, 9.17) is 9.72 Å². The third-order valence-corrected chi connectivity index (χ3v) is 6.87. The number of carbonyl (C=O) groups is 1. The molecule has 1 N–H and O–H groups in total. The molecule has 1 atom stereocenters. The first kappa shape index (κ1) is 27.1. The Labute approximate surface area is 231 Å². The van der Waals surface area contributed by atoms with E-state index in [0.29, 0.717) is 35.9 Å². The van der Waals surface area contributed by atoms with Crippen LogP contribution in [0.25, 0.3) is 16.8 Å². The van der Waals surface area contributed by atoms with Gasteiger partial charge in [0, 0.05) is 32.4 Å². The monoisotopic (exact) mass is 546 g/mol. The lowest BCUT2D eigenvalue weighted by Gasteiger charge is -2.34. The van der Waals surface area contributed by atoms with E-state index in [-0.39, 0.29) is 19.1 Å². The lowest BCUT2D eigenvalue weighted by Crippen LogP contribution is -2.49. The Bertz CT molecular complexity index is 1760. The number of hydrogen-bond acceptors (Lipinski definition) is 7. The number of fused-ring (bicyclic) bond motifs is 2. The Morgan fingerprint density at radius 3 is 2.77 bits per heavy atom. The number of alkyl carbamates (subject to hydrolysis) is 1. The van der Waals surface area contributed by atoms with Crippen LogP contribution in [0, 0.1) is 11.8 Å². The van der Waals surface area contributed by atoms with Crippen LogP contribution in [0.5, 0.6) is 0 Å². The molecule has 5 rings (SSSR count). The van der Waals surface area contributed by atoms with Gasteiger partial charge in [0.2, 0.25) is 5.95 Å². The fourth-order valence-electron chi connectivity index (χ4n) is 5.06. The second-order valence-corrected chi connectivity index (χ2v) is 10.9. The Hall–Kier alpha value is -4.53. The number of nitrogens with zero attached hydrogens (tertiary/aromatic N) is 7. The second kappa shape index (κ2) is 10.6. The number of nitrogens with one attached hydrogen (secondary N) is 1. The van der Waals surface area contributed by atoms with Crippen LogP contribution in [0.1, 0.15) is 46.2 Å². The molecule has 1 fully saturated rings. The third kappa shape index (κ3) is 5.19. The largest absolute Gasteiger partial charge is 0.444 e. The quantitative estimate of drug-likeness (QED) is 0.381. The van der Waals surface area contributed by atoms with Crippen molar-refractivity contribution in [1.29, 1.82) is 0 Å². The minimum Gasteiger partial charge on any atom is -0.444 e. The average molecular weight is 547 g/mol. The van der Waals surface area contributed by atoms with Gasteiger partial charge >= 0.3 is 11.8 Å². The normalized spacial score (nSPS) is 15.7. The molecule has 12 heteroatoms. The Balaban J connectivity index is 1.55. The molecule has 1 aliphatic rings. The van der Waals surface area contributed by atoms with Crippen molar-refractivity contribution in [3.8, 4) is 11.8 Å². The number of ether oxygens (including phenoxy) is 1. The molecule has 4 aromatic heterocycles. The van der Waals surface area contributed by atoms with Crippen molar-refractivity contribution in [2.45, 2.75) is 65.3 Å². The molecule has 12 nitrogen and oxygen atoms in total. The van der Waals surface area contributed by atoms with Crippen LogP contribution in [0.15, 0.2) is 40.2 Å². The lowest BCUT2D eigenvalue weighted by molar-refractivity contribution is 0.0499. The molecule has 0 saturated carbocycles. The molecule has 0 aromatic carbocycles. The van der Waals surface area contributed by atoms with Gasteiger partial charge in [-0.05, 0) is 52.7 Å². The average Bonchev–Trinajstić information content (AvgIpc) is 3.49. The predicted molar refractivity (Wildman–Crippen MR) is 152 cm³/mol. The molecule has 1 aliphatic heterocycles. The zero-order valence-corrected chi connectivity index (χ0v) is 23.5. The molecule has 1 saturated heterocycles. The maximum atomic E-state index is 13.9. The summed E-state index contributed by atoms with van der Waals surface area (Å²) >= 11 is 0. The van der Waals surface area contributed by atoms with Crippen LogP contribution in [0.4, 0.5) is 10.7 Å². The van der Waals surface area contributed by atoms with E-state index >= 15 is 0 Å². The van der Waals surface area contributed by atoms with E-state index in [1.807, 2.05) is 54.5 Å². The van der Waals surface area contributed by atoms with Crippen LogP contribution in [-0.4, -0.2) is 58.9 Å². The van der Waals surface area contributed by atoms with Crippen molar-refractivity contribution in [3.05, 3.63) is 57.1 Å². The van der Waals surface area contributed by atoms with E-state index in [1.165, 1.54) is 9.13 Å². The summed E-state index contributed by atoms with van der Waals surface area (Å²) in [6.45, 7) is 8.64. The smallest absolute Gasteiger partial charge is 0.407 e. The number of imidazole rings is 2. The zero-order valence-electron chi connectivity index (χ0n) is 23.5. The molecule has 0 radical (unpaired) electrons. The van der Waals surface area contributed by atoms with Crippen LogP contribution < -0.4 is 21.5 Å². The van der Waals surface area contributed by atoms with Gasteiger partial charge in [0.05, 0.1) is 25.0 Å². The first-order chi connectivity index (χ1) is 19.1. The standard InChI is InChI=1S/C28H34N8O4/c1-6-7-14-35-22-23(31-25(35)33-13-10-11-19(17-33)30-26(38)40-28(2,3)4)32(5)27(39)36(24(22)37)18-20-16-29-21-12-8-9-15-34(20)21/h8-9,12,15-16,19H,10-11,13-14,17-18H2,1-5H3,(H,30,38). The van der Waals surface area contributed by atoms with Crippen LogP contribution in [0.2, 0.25) is 0 Å². The number of aryl methyl sites for hydroxylation is 1. The Morgan fingerprint density at radius 2 is 2.02 bits per heavy atom. The number of hydrogen-bond donors (Lipinski definition) is 1. The van der Waals surface area contributed by atoms with Crippen molar-refractivity contribution in [3.63, 3.8) is 0 Å². The van der Waals surface area contributed by atoms with Gasteiger partial charge in [0.25, 0.3) is 5.56 Å². The van der Waals surface area contributed by atoms with Crippen LogP contribution in [-0.2, 0) is 24.9 Å². The minimum atomic E-state index is -0.598. The molecule has 1 unspecified atom stereocenters. The number of anilines is 1. The summed E-state index contributed by atoms with van der Waals surface area (Å²) in [5, 5.41) is 2.95. The number of carbonyl (C=O) groups excluding carboxylic acids is 1. The molecular formula is C28H34N8O4. The maximum Gasteiger partial charge on any atom is 0.407 e. The molecule has 1 amide bonds. The van der Waals surface area contributed by atoms with Crippen molar-refractivity contribution in [2.75, 3.05) is 18.0 Å². The summed E-state index contributed by atoms with van der Waals surface area (Å²) in [6, 6.07) is 5.45. The molecule has 0 bridgehead atoms. The number of rotatable bonds is 5. The first-order valence-corrected chi connectivity index (χ1v) is 13.3. The van der Waals surface area contributed by atoms with Gasteiger partial charge in [0.1, 0.15) is 11.2 Å². The van der Waals surface area contributed by atoms with Gasteiger partial charge in [-0.1, -0.05) is 12.0 Å². The summed E-state index contributed by atoms with van der Waals surface area (Å²) in [6.07, 6.45) is 4.64. The van der Waals surface area contributed by atoms with Crippen molar-refractivity contribution >= 4 is 28.9 Å². The molecule has 4 aromatic rings. The fraction of sp³-hybridized carbons (Fsp3) is 0.464. The van der Waals surface area contributed by atoms with Crippen molar-refractivity contribution in [2.24, 2.45) is 7.05 Å². The predicted octanol–water partition coefficient (Wildman–Crippen LogP) is 2.11. The lowest BCUT2D eigenvalue weighted by atomic mass is 10.1.